The molecule has 0 bridgehead atoms. The minimum Gasteiger partial charge on any atom is -0.450 e. The predicted octanol–water partition coefficient (Wildman–Crippen LogP) is 2.52. The lowest BCUT2D eigenvalue weighted by Gasteiger charge is -2.09. The summed E-state index contributed by atoms with van der Waals surface area (Å²) >= 11 is 9.16. The van der Waals surface area contributed by atoms with Gasteiger partial charge in [0.25, 0.3) is 0 Å². The molecule has 54 valence electrons. The zero-order valence-electron chi connectivity index (χ0n) is 4.10. The molecule has 0 saturated carbocycles. The van der Waals surface area contributed by atoms with Crippen molar-refractivity contribution >= 4 is 53.9 Å². The van der Waals surface area contributed by atoms with Crippen LogP contribution in [0.25, 0.3) is 0 Å². The predicted molar refractivity (Wildman–Crippen MR) is 43.5 cm³/mol. The van der Waals surface area contributed by atoms with Gasteiger partial charge in [-0.05, 0) is 0 Å². The van der Waals surface area contributed by atoms with Crippen molar-refractivity contribution in [2.45, 2.75) is 2.14 Å². The third kappa shape index (κ3) is 8.71. The summed E-state index contributed by atoms with van der Waals surface area (Å²) in [6.45, 7) is 0.00231. The number of alkyl halides is 3. The van der Waals surface area contributed by atoms with Crippen molar-refractivity contribution in [2.24, 2.45) is 0 Å². The number of carboxylic acid groups (broad SMARTS) is 1. The Balaban J connectivity index is 3.39. The molecule has 0 spiro atoms. The highest BCUT2D eigenvalue weighted by Gasteiger charge is 2.19. The van der Waals surface area contributed by atoms with Crippen molar-refractivity contribution in [1.82, 2.24) is 0 Å². The van der Waals surface area contributed by atoms with Gasteiger partial charge < -0.3 is 9.84 Å². The van der Waals surface area contributed by atoms with Crippen molar-refractivity contribution in [1.29, 1.82) is 0 Å². The Hall–Kier alpha value is 0.710. The van der Waals surface area contributed by atoms with Crippen LogP contribution in [0.4, 0.5) is 4.79 Å². The SMILES string of the molecule is O=C(O)OCC(Br)(Br)Br. The lowest BCUT2D eigenvalue weighted by Crippen LogP contribution is -2.13. The Morgan fingerprint density at radius 3 is 2.11 bits per heavy atom. The summed E-state index contributed by atoms with van der Waals surface area (Å²) in [5, 5.41) is 7.99. The lowest BCUT2D eigenvalue weighted by atomic mass is 10.9. The standard InChI is InChI=1S/C3H3Br3O3/c4-3(5,6)1-9-2(7)8/h1H2,(H,7,8). The second-order valence-corrected chi connectivity index (χ2v) is 8.42. The smallest absolute Gasteiger partial charge is 0.450 e. The lowest BCUT2D eigenvalue weighted by molar-refractivity contribution is 0.0955. The van der Waals surface area contributed by atoms with Gasteiger partial charge in [0.05, 0.1) is 0 Å². The highest BCUT2D eigenvalue weighted by atomic mass is 80.0. The molecule has 0 aliphatic heterocycles. The molecular formula is C3H3Br3O3. The average Bonchev–Trinajstić information content (AvgIpc) is 1.59. The molecule has 0 aromatic carbocycles. The Bertz CT molecular complexity index is 107. The summed E-state index contributed by atoms with van der Waals surface area (Å²) in [5.41, 5.74) is 0. The zero-order chi connectivity index (χ0) is 7.49. The quantitative estimate of drug-likeness (QED) is 0.595. The highest BCUT2D eigenvalue weighted by molar-refractivity contribution is 9.39. The van der Waals surface area contributed by atoms with E-state index in [1.807, 2.05) is 0 Å². The van der Waals surface area contributed by atoms with Gasteiger partial charge in [-0.1, -0.05) is 47.8 Å². The average molecular weight is 327 g/mol. The monoisotopic (exact) mass is 324 g/mol. The first-order valence-electron chi connectivity index (χ1n) is 1.84. The molecule has 0 amide bonds. The summed E-state index contributed by atoms with van der Waals surface area (Å²) in [4.78, 5) is 9.76. The van der Waals surface area contributed by atoms with Crippen LogP contribution in [0.3, 0.4) is 0 Å². The molecule has 0 heterocycles. The Labute approximate surface area is 77.1 Å². The van der Waals surface area contributed by atoms with E-state index in [9.17, 15) is 4.79 Å². The van der Waals surface area contributed by atoms with E-state index in [4.69, 9.17) is 5.11 Å². The van der Waals surface area contributed by atoms with E-state index >= 15 is 0 Å². The van der Waals surface area contributed by atoms with Crippen molar-refractivity contribution < 1.29 is 14.6 Å². The first-order valence-corrected chi connectivity index (χ1v) is 4.22. The first-order chi connectivity index (χ1) is 3.92. The van der Waals surface area contributed by atoms with Crippen molar-refractivity contribution in [3.63, 3.8) is 0 Å². The molecule has 0 aliphatic rings. The molecule has 0 aromatic heterocycles. The molecule has 0 aliphatic carbocycles. The van der Waals surface area contributed by atoms with Gasteiger partial charge in [0, 0.05) is 0 Å². The Morgan fingerprint density at radius 2 is 2.00 bits per heavy atom. The van der Waals surface area contributed by atoms with Crippen LogP contribution in [0.2, 0.25) is 0 Å². The van der Waals surface area contributed by atoms with Crippen LogP contribution in [-0.4, -0.2) is 20.0 Å². The van der Waals surface area contributed by atoms with Gasteiger partial charge in [-0.25, -0.2) is 4.79 Å². The van der Waals surface area contributed by atoms with Gasteiger partial charge in [-0.15, -0.1) is 0 Å². The molecule has 1 N–H and O–H groups in total. The number of carbonyl (C=O) groups is 1. The summed E-state index contributed by atoms with van der Waals surface area (Å²) in [6.07, 6.45) is -1.29. The van der Waals surface area contributed by atoms with E-state index in [2.05, 4.69) is 52.5 Å². The van der Waals surface area contributed by atoms with Crippen LogP contribution in [-0.2, 0) is 4.74 Å². The molecular weight excluding hydrogens is 324 g/mol. The highest BCUT2D eigenvalue weighted by Crippen LogP contribution is 2.33. The fourth-order valence-corrected chi connectivity index (χ4v) is 0.487. The molecule has 0 saturated heterocycles. The molecule has 3 nitrogen and oxygen atoms in total. The fourth-order valence-electron chi connectivity index (χ4n) is 0.144. The second-order valence-electron chi connectivity index (χ2n) is 1.17. The molecule has 9 heavy (non-hydrogen) atoms. The number of halogens is 3. The Morgan fingerprint density at radius 1 is 1.56 bits per heavy atom. The van der Waals surface area contributed by atoms with Crippen molar-refractivity contribution in [3.05, 3.63) is 0 Å². The minimum absolute atomic E-state index is 0.00231. The van der Waals surface area contributed by atoms with E-state index in [1.165, 1.54) is 0 Å². The molecule has 0 aromatic rings. The maximum absolute atomic E-state index is 9.76. The minimum atomic E-state index is -1.29. The van der Waals surface area contributed by atoms with Crippen LogP contribution >= 0.6 is 47.8 Å². The van der Waals surface area contributed by atoms with Crippen LogP contribution in [0.5, 0.6) is 0 Å². The van der Waals surface area contributed by atoms with Crippen LogP contribution in [0.15, 0.2) is 0 Å². The van der Waals surface area contributed by atoms with Gasteiger partial charge in [0.2, 0.25) is 0 Å². The van der Waals surface area contributed by atoms with Crippen molar-refractivity contribution in [2.75, 3.05) is 6.61 Å². The summed E-state index contributed by atoms with van der Waals surface area (Å²) in [5.74, 6) is 0. The maximum atomic E-state index is 9.76. The summed E-state index contributed by atoms with van der Waals surface area (Å²) in [6, 6.07) is 0. The van der Waals surface area contributed by atoms with Gasteiger partial charge in [0.15, 0.2) is 2.14 Å². The fraction of sp³-hybridized carbons (Fsp3) is 0.667. The van der Waals surface area contributed by atoms with Crippen molar-refractivity contribution in [3.8, 4) is 0 Å². The summed E-state index contributed by atoms with van der Waals surface area (Å²) in [7, 11) is 0. The largest absolute Gasteiger partial charge is 0.505 e. The van der Waals surface area contributed by atoms with E-state index < -0.39 is 8.30 Å². The van der Waals surface area contributed by atoms with E-state index in [0.717, 1.165) is 0 Å². The molecule has 0 radical (unpaired) electrons. The van der Waals surface area contributed by atoms with Gasteiger partial charge in [-0.2, -0.15) is 0 Å². The van der Waals surface area contributed by atoms with Crippen LogP contribution in [0, 0.1) is 0 Å². The topological polar surface area (TPSA) is 46.5 Å². The van der Waals surface area contributed by atoms with Crippen LogP contribution in [0.1, 0.15) is 0 Å². The van der Waals surface area contributed by atoms with Gasteiger partial charge >= 0.3 is 6.16 Å². The number of hydrogen-bond donors (Lipinski definition) is 1. The molecule has 6 heteroatoms. The summed E-state index contributed by atoms with van der Waals surface area (Å²) < 4.78 is 3.55. The molecule has 0 atom stereocenters. The number of rotatable bonds is 1. The van der Waals surface area contributed by atoms with E-state index in [0.29, 0.717) is 0 Å². The van der Waals surface area contributed by atoms with Crippen LogP contribution < -0.4 is 0 Å². The first kappa shape index (κ1) is 9.71. The molecule has 0 fully saturated rings. The molecule has 0 unspecified atom stereocenters. The number of hydrogen-bond acceptors (Lipinski definition) is 2. The number of ether oxygens (including phenoxy) is 1. The zero-order valence-corrected chi connectivity index (χ0v) is 8.86. The van der Waals surface area contributed by atoms with Gasteiger partial charge in [0.1, 0.15) is 6.61 Å². The van der Waals surface area contributed by atoms with E-state index in [-0.39, 0.29) is 6.61 Å². The normalized spacial score (nSPS) is 11.0. The van der Waals surface area contributed by atoms with Gasteiger partial charge in [-0.3, -0.25) is 0 Å². The third-order valence-corrected chi connectivity index (χ3v) is 1.05. The third-order valence-electron chi connectivity index (χ3n) is 0.359. The second kappa shape index (κ2) is 3.78. The maximum Gasteiger partial charge on any atom is 0.505 e. The molecule has 0 rings (SSSR count). The van der Waals surface area contributed by atoms with E-state index in [1.54, 1.807) is 0 Å². The Kier molecular flexibility index (Phi) is 4.07.